The van der Waals surface area contributed by atoms with E-state index in [9.17, 15) is 14.4 Å². The first kappa shape index (κ1) is 16.1. The van der Waals surface area contributed by atoms with E-state index in [4.69, 9.17) is 4.74 Å². The average Bonchev–Trinajstić information content (AvgIpc) is 3.14. The molecular formula is C19H22N2O4. The lowest BCUT2D eigenvalue weighted by Gasteiger charge is -2.29. The van der Waals surface area contributed by atoms with Crippen LogP contribution in [-0.2, 0) is 21.5 Å². The minimum Gasteiger partial charge on any atom is -0.492 e. The summed E-state index contributed by atoms with van der Waals surface area (Å²) in [7, 11) is 0. The van der Waals surface area contributed by atoms with Crippen molar-refractivity contribution in [3.63, 3.8) is 0 Å². The summed E-state index contributed by atoms with van der Waals surface area (Å²) in [5, 5.41) is 2.33. The first-order chi connectivity index (χ1) is 12.0. The van der Waals surface area contributed by atoms with Crippen molar-refractivity contribution in [1.29, 1.82) is 0 Å². The Morgan fingerprint density at radius 3 is 2.68 bits per heavy atom. The Balaban J connectivity index is 1.69. The molecule has 1 N–H and O–H groups in total. The molecule has 1 atom stereocenters. The van der Waals surface area contributed by atoms with Crippen LogP contribution in [0.4, 0.5) is 0 Å². The Bertz CT molecular complexity index is 782. The molecule has 0 saturated carbocycles. The molecule has 3 aliphatic rings. The lowest BCUT2D eigenvalue weighted by molar-refractivity contribution is -0.136. The minimum atomic E-state index is -0.586. The summed E-state index contributed by atoms with van der Waals surface area (Å²) in [5.41, 5.74) is 2.69. The van der Waals surface area contributed by atoms with E-state index in [-0.39, 0.29) is 29.6 Å². The van der Waals surface area contributed by atoms with Crippen LogP contribution < -0.4 is 10.1 Å². The van der Waals surface area contributed by atoms with Crippen LogP contribution >= 0.6 is 0 Å². The van der Waals surface area contributed by atoms with Gasteiger partial charge in [-0.3, -0.25) is 19.7 Å². The van der Waals surface area contributed by atoms with Crippen LogP contribution in [0.2, 0.25) is 0 Å². The first-order valence-corrected chi connectivity index (χ1v) is 8.94. The van der Waals surface area contributed by atoms with Gasteiger partial charge in [-0.05, 0) is 25.3 Å². The molecule has 0 aromatic heterocycles. The van der Waals surface area contributed by atoms with Crippen molar-refractivity contribution in [3.8, 4) is 5.75 Å². The number of fused-ring (bicyclic) bond motifs is 3. The summed E-state index contributed by atoms with van der Waals surface area (Å²) in [5.74, 6) is 0.0162. The smallest absolute Gasteiger partial charge is 0.255 e. The summed E-state index contributed by atoms with van der Waals surface area (Å²) in [6, 6.07) is 3.30. The normalized spacial score (nSPS) is 24.0. The van der Waals surface area contributed by atoms with E-state index >= 15 is 0 Å². The van der Waals surface area contributed by atoms with Crippen LogP contribution in [-0.4, -0.2) is 35.3 Å². The van der Waals surface area contributed by atoms with Gasteiger partial charge in [0, 0.05) is 28.5 Å². The van der Waals surface area contributed by atoms with Gasteiger partial charge in [0.25, 0.3) is 5.91 Å². The molecular weight excluding hydrogens is 320 g/mol. The van der Waals surface area contributed by atoms with Crippen molar-refractivity contribution in [1.82, 2.24) is 10.2 Å². The highest BCUT2D eigenvalue weighted by atomic mass is 16.5. The van der Waals surface area contributed by atoms with Crippen molar-refractivity contribution in [3.05, 3.63) is 28.8 Å². The van der Waals surface area contributed by atoms with E-state index in [0.29, 0.717) is 25.1 Å². The molecule has 4 rings (SSSR count). The molecule has 6 nitrogen and oxygen atoms in total. The first-order valence-electron chi connectivity index (χ1n) is 8.94. The number of rotatable bonds is 3. The van der Waals surface area contributed by atoms with Crippen LogP contribution in [0.1, 0.15) is 61.0 Å². The molecule has 3 aliphatic heterocycles. The lowest BCUT2D eigenvalue weighted by Crippen LogP contribution is -2.52. The highest BCUT2D eigenvalue weighted by molar-refractivity contribution is 6.05. The van der Waals surface area contributed by atoms with Gasteiger partial charge in [-0.25, -0.2) is 0 Å². The van der Waals surface area contributed by atoms with Gasteiger partial charge in [-0.1, -0.05) is 19.9 Å². The summed E-state index contributed by atoms with van der Waals surface area (Å²) in [4.78, 5) is 37.9. The second-order valence-corrected chi connectivity index (χ2v) is 7.14. The third kappa shape index (κ3) is 2.19. The number of ether oxygens (including phenoxy) is 1. The predicted octanol–water partition coefficient (Wildman–Crippen LogP) is 1.90. The van der Waals surface area contributed by atoms with E-state index in [1.165, 1.54) is 5.56 Å². The number of nitrogens with one attached hydrogen (secondary N) is 1. The molecule has 3 heterocycles. The van der Waals surface area contributed by atoms with E-state index in [1.807, 2.05) is 12.1 Å². The molecule has 3 amide bonds. The molecule has 0 bridgehead atoms. The molecule has 1 aromatic carbocycles. The van der Waals surface area contributed by atoms with Gasteiger partial charge < -0.3 is 9.64 Å². The second-order valence-electron chi connectivity index (χ2n) is 7.14. The Morgan fingerprint density at radius 2 is 2.00 bits per heavy atom. The topological polar surface area (TPSA) is 75.7 Å². The highest BCUT2D eigenvalue weighted by Gasteiger charge is 2.45. The van der Waals surface area contributed by atoms with Crippen LogP contribution in [0.5, 0.6) is 5.75 Å². The van der Waals surface area contributed by atoms with Gasteiger partial charge in [-0.2, -0.15) is 0 Å². The summed E-state index contributed by atoms with van der Waals surface area (Å²) in [6.07, 6.45) is 2.61. The number of carbonyl (C=O) groups excluding carboxylic acids is 3. The fraction of sp³-hybridized carbons (Fsp3) is 0.526. The van der Waals surface area contributed by atoms with Crippen molar-refractivity contribution < 1.29 is 19.1 Å². The number of benzene rings is 1. The Morgan fingerprint density at radius 1 is 1.24 bits per heavy atom. The maximum atomic E-state index is 12.8. The predicted molar refractivity (Wildman–Crippen MR) is 90.2 cm³/mol. The SMILES string of the molecule is CCC1(CC)COc2c1ccc1c2CN(C2CCC(=O)NC2=O)C1=O. The van der Waals surface area contributed by atoms with E-state index in [2.05, 4.69) is 19.2 Å². The van der Waals surface area contributed by atoms with Crippen LogP contribution in [0.3, 0.4) is 0 Å². The molecule has 1 saturated heterocycles. The third-order valence-electron chi connectivity index (χ3n) is 6.08. The zero-order valence-corrected chi connectivity index (χ0v) is 14.6. The minimum absolute atomic E-state index is 0.00939. The second kappa shape index (κ2) is 5.58. The molecule has 0 radical (unpaired) electrons. The molecule has 0 spiro atoms. The molecule has 1 aromatic rings. The van der Waals surface area contributed by atoms with E-state index in [1.54, 1.807) is 4.90 Å². The highest BCUT2D eigenvalue weighted by Crippen LogP contribution is 2.48. The lowest BCUT2D eigenvalue weighted by atomic mass is 9.77. The summed E-state index contributed by atoms with van der Waals surface area (Å²) < 4.78 is 6.03. The van der Waals surface area contributed by atoms with Crippen molar-refractivity contribution in [2.45, 2.75) is 57.5 Å². The Hall–Kier alpha value is -2.37. The van der Waals surface area contributed by atoms with Crippen molar-refractivity contribution in [2.24, 2.45) is 0 Å². The van der Waals surface area contributed by atoms with Gasteiger partial charge in [0.05, 0.1) is 13.2 Å². The fourth-order valence-corrected chi connectivity index (χ4v) is 4.32. The van der Waals surface area contributed by atoms with Crippen LogP contribution in [0.15, 0.2) is 12.1 Å². The summed E-state index contributed by atoms with van der Waals surface area (Å²) in [6.45, 7) is 5.33. The maximum Gasteiger partial charge on any atom is 0.255 e. The third-order valence-corrected chi connectivity index (χ3v) is 6.08. The van der Waals surface area contributed by atoms with Gasteiger partial charge >= 0.3 is 0 Å². The average molecular weight is 342 g/mol. The summed E-state index contributed by atoms with van der Waals surface area (Å²) >= 11 is 0. The van der Waals surface area contributed by atoms with Gasteiger partial charge in [0.1, 0.15) is 11.8 Å². The molecule has 0 aliphatic carbocycles. The number of amides is 3. The largest absolute Gasteiger partial charge is 0.492 e. The zero-order valence-electron chi connectivity index (χ0n) is 14.6. The molecule has 6 heteroatoms. The monoisotopic (exact) mass is 342 g/mol. The number of nitrogens with zero attached hydrogens (tertiary/aromatic N) is 1. The molecule has 132 valence electrons. The number of imide groups is 1. The standard InChI is InChI=1S/C19H22N2O4/c1-3-19(4-2)10-25-16-12-9-21(14-7-8-15(22)20-17(14)23)18(24)11(12)5-6-13(16)19/h5-6,14H,3-4,7-10H2,1-2H3,(H,20,22,23). The van der Waals surface area contributed by atoms with Gasteiger partial charge in [0.2, 0.25) is 11.8 Å². The Labute approximate surface area is 146 Å². The van der Waals surface area contributed by atoms with Gasteiger partial charge in [-0.15, -0.1) is 0 Å². The maximum absolute atomic E-state index is 12.8. The van der Waals surface area contributed by atoms with E-state index < -0.39 is 6.04 Å². The van der Waals surface area contributed by atoms with E-state index in [0.717, 1.165) is 24.2 Å². The fourth-order valence-electron chi connectivity index (χ4n) is 4.32. The zero-order chi connectivity index (χ0) is 17.8. The number of hydrogen-bond acceptors (Lipinski definition) is 4. The van der Waals surface area contributed by atoms with Gasteiger partial charge in [0.15, 0.2) is 0 Å². The van der Waals surface area contributed by atoms with Crippen LogP contribution in [0, 0.1) is 0 Å². The molecule has 1 unspecified atom stereocenters. The van der Waals surface area contributed by atoms with Crippen molar-refractivity contribution in [2.75, 3.05) is 6.61 Å². The van der Waals surface area contributed by atoms with Crippen molar-refractivity contribution >= 4 is 17.7 Å². The Kier molecular flexibility index (Phi) is 3.60. The number of carbonyl (C=O) groups is 3. The molecule has 1 fully saturated rings. The van der Waals surface area contributed by atoms with Crippen LogP contribution in [0.25, 0.3) is 0 Å². The quantitative estimate of drug-likeness (QED) is 0.851. The molecule has 25 heavy (non-hydrogen) atoms. The number of hydrogen-bond donors (Lipinski definition) is 1. The number of piperidine rings is 1.